The molecule has 0 aromatic heterocycles. The van der Waals surface area contributed by atoms with Crippen LogP contribution in [0.2, 0.25) is 0 Å². The molecule has 0 amide bonds. The lowest BCUT2D eigenvalue weighted by molar-refractivity contribution is -0.145. The molecule has 0 aromatic carbocycles. The molecule has 0 aliphatic heterocycles. The Morgan fingerprint density at radius 1 is 1.33 bits per heavy atom. The van der Waals surface area contributed by atoms with E-state index in [-0.39, 0.29) is 12.3 Å². The van der Waals surface area contributed by atoms with Crippen molar-refractivity contribution < 1.29 is 23.2 Å². The second-order valence-electron chi connectivity index (χ2n) is 2.62. The van der Waals surface area contributed by atoms with Gasteiger partial charge in [-0.15, -0.1) is 0 Å². The Morgan fingerprint density at radius 2 is 1.92 bits per heavy atom. The standard InChI is InChI=1S/C10H22O2/c1-5-9(4)8-10(11-6-2)12-7-3/h9-10H,5-8H2,1-4H3/i2D3,3D3,6D2,7D2. The quantitative estimate of drug-likeness (QED) is 0.566. The van der Waals surface area contributed by atoms with Crippen LogP contribution in [-0.2, 0) is 9.47 Å². The third-order valence-electron chi connectivity index (χ3n) is 1.67. The highest BCUT2D eigenvalue weighted by atomic mass is 16.7. The summed E-state index contributed by atoms with van der Waals surface area (Å²) in [4.78, 5) is 0. The average Bonchev–Trinajstić information content (AvgIpc) is 2.24. The van der Waals surface area contributed by atoms with Gasteiger partial charge in [0.25, 0.3) is 0 Å². The van der Waals surface area contributed by atoms with Crippen molar-refractivity contribution >= 4 is 0 Å². The van der Waals surface area contributed by atoms with Crippen LogP contribution in [0.5, 0.6) is 0 Å². The van der Waals surface area contributed by atoms with Crippen molar-refractivity contribution in [1.29, 1.82) is 0 Å². The molecule has 0 rings (SSSR count). The van der Waals surface area contributed by atoms with Crippen LogP contribution in [0, 0.1) is 5.92 Å². The SMILES string of the molecule is [2H]C([2H])([2H])C([2H])([2H])OC(CC(C)CC)OC([2H])([2H])C([2H])([2H])[2H]. The van der Waals surface area contributed by atoms with E-state index in [0.717, 1.165) is 0 Å². The van der Waals surface area contributed by atoms with Crippen molar-refractivity contribution in [3.63, 3.8) is 0 Å². The Hall–Kier alpha value is -0.0800. The molecule has 12 heavy (non-hydrogen) atoms. The van der Waals surface area contributed by atoms with Crippen LogP contribution in [0.3, 0.4) is 0 Å². The van der Waals surface area contributed by atoms with Gasteiger partial charge in [-0.1, -0.05) is 20.3 Å². The average molecular weight is 184 g/mol. The minimum Gasteiger partial charge on any atom is -0.353 e. The van der Waals surface area contributed by atoms with Crippen LogP contribution >= 0.6 is 0 Å². The van der Waals surface area contributed by atoms with Gasteiger partial charge in [0.1, 0.15) is 0 Å². The Balaban J connectivity index is 5.24. The van der Waals surface area contributed by atoms with E-state index in [0.29, 0.717) is 6.42 Å². The smallest absolute Gasteiger partial charge is 0.157 e. The maximum Gasteiger partial charge on any atom is 0.157 e. The fourth-order valence-corrected chi connectivity index (χ4v) is 0.747. The molecular weight excluding hydrogens is 152 g/mol. The number of hydrogen-bond donors (Lipinski definition) is 0. The second kappa shape index (κ2) is 7.56. The van der Waals surface area contributed by atoms with Crippen molar-refractivity contribution in [2.45, 2.75) is 46.7 Å². The lowest BCUT2D eigenvalue weighted by Crippen LogP contribution is -2.20. The zero-order valence-electron chi connectivity index (χ0n) is 17.4. The summed E-state index contributed by atoms with van der Waals surface area (Å²) in [7, 11) is 0. The Labute approximate surface area is 90.3 Å². The molecule has 2 heteroatoms. The van der Waals surface area contributed by atoms with Crippen LogP contribution in [0.1, 0.15) is 54.1 Å². The highest BCUT2D eigenvalue weighted by Gasteiger charge is 2.11. The van der Waals surface area contributed by atoms with Crippen LogP contribution in [0.15, 0.2) is 0 Å². The molecule has 74 valence electrons. The van der Waals surface area contributed by atoms with Gasteiger partial charge in [-0.3, -0.25) is 0 Å². The van der Waals surface area contributed by atoms with Crippen molar-refractivity contribution in [2.24, 2.45) is 5.92 Å². The lowest BCUT2D eigenvalue weighted by Gasteiger charge is -2.19. The van der Waals surface area contributed by atoms with E-state index in [9.17, 15) is 0 Å². The van der Waals surface area contributed by atoms with Gasteiger partial charge >= 0.3 is 0 Å². The molecule has 0 aromatic rings. The molecule has 0 saturated carbocycles. The molecule has 0 aliphatic carbocycles. The zero-order chi connectivity index (χ0) is 18.0. The summed E-state index contributed by atoms with van der Waals surface area (Å²) in [6.07, 6.45) is -1.06. The third kappa shape index (κ3) is 5.56. The summed E-state index contributed by atoms with van der Waals surface area (Å²) in [5, 5.41) is 0. The number of hydrogen-bond acceptors (Lipinski definition) is 2. The molecule has 0 N–H and O–H groups in total. The van der Waals surface area contributed by atoms with Crippen LogP contribution in [0.25, 0.3) is 0 Å². The Kier molecular flexibility index (Phi) is 2.05. The van der Waals surface area contributed by atoms with Gasteiger partial charge in [0.05, 0.1) is 5.48 Å². The molecule has 2 nitrogen and oxygen atoms in total. The predicted octanol–water partition coefficient (Wildman–Crippen LogP) is 2.82. The van der Waals surface area contributed by atoms with E-state index in [4.69, 9.17) is 23.2 Å². The molecule has 0 fully saturated rings. The Morgan fingerprint density at radius 3 is 2.33 bits per heavy atom. The molecule has 0 spiro atoms. The molecule has 0 bridgehead atoms. The summed E-state index contributed by atoms with van der Waals surface area (Å²) in [5.41, 5.74) is 0. The van der Waals surface area contributed by atoms with Gasteiger partial charge < -0.3 is 9.47 Å². The molecule has 1 unspecified atom stereocenters. The summed E-state index contributed by atoms with van der Waals surface area (Å²) in [6.45, 7) is -8.84. The zero-order valence-corrected chi connectivity index (χ0v) is 7.39. The summed E-state index contributed by atoms with van der Waals surface area (Å²) >= 11 is 0. The summed E-state index contributed by atoms with van der Waals surface area (Å²) in [6, 6.07) is 0. The fourth-order valence-electron chi connectivity index (χ4n) is 0.747. The largest absolute Gasteiger partial charge is 0.353 e. The summed E-state index contributed by atoms with van der Waals surface area (Å²) < 4.78 is 81.7. The van der Waals surface area contributed by atoms with Gasteiger partial charge in [-0.05, 0) is 19.6 Å². The second-order valence-corrected chi connectivity index (χ2v) is 2.62. The fraction of sp³-hybridized carbons (Fsp3) is 1.00. The molecule has 0 aliphatic rings. The van der Waals surface area contributed by atoms with Crippen molar-refractivity contribution in [3.05, 3.63) is 0 Å². The maximum atomic E-state index is 7.41. The van der Waals surface area contributed by atoms with Crippen molar-refractivity contribution in [2.75, 3.05) is 13.1 Å². The maximum absolute atomic E-state index is 7.41. The van der Waals surface area contributed by atoms with E-state index >= 15 is 0 Å². The topological polar surface area (TPSA) is 18.5 Å². The lowest BCUT2D eigenvalue weighted by atomic mass is 10.1. The Bertz CT molecular complexity index is 321. The molecule has 0 heterocycles. The van der Waals surface area contributed by atoms with E-state index in [1.807, 2.05) is 6.92 Å². The van der Waals surface area contributed by atoms with Gasteiger partial charge in [-0.25, -0.2) is 0 Å². The first-order chi connectivity index (χ1) is 9.53. The van der Waals surface area contributed by atoms with Crippen molar-refractivity contribution in [1.82, 2.24) is 0 Å². The van der Waals surface area contributed by atoms with E-state index in [1.54, 1.807) is 6.92 Å². The highest BCUT2D eigenvalue weighted by molar-refractivity contribution is 4.53. The van der Waals surface area contributed by atoms with Gasteiger partial charge in [0.15, 0.2) is 6.29 Å². The molecular formula is C10H22O2. The first-order valence-electron chi connectivity index (χ1n) is 8.89. The van der Waals surface area contributed by atoms with Crippen LogP contribution < -0.4 is 0 Å². The minimum absolute atomic E-state index is 0.0400. The first-order valence-corrected chi connectivity index (χ1v) is 3.89. The predicted molar refractivity (Wildman–Crippen MR) is 51.1 cm³/mol. The van der Waals surface area contributed by atoms with Gasteiger partial charge in [0, 0.05) is 27.8 Å². The van der Waals surface area contributed by atoms with E-state index in [1.165, 1.54) is 0 Å². The number of ether oxygens (including phenoxy) is 2. The molecule has 1 atom stereocenters. The molecule has 0 saturated heterocycles. The van der Waals surface area contributed by atoms with Crippen LogP contribution in [-0.4, -0.2) is 19.4 Å². The van der Waals surface area contributed by atoms with Crippen LogP contribution in [0.4, 0.5) is 0 Å². The first kappa shape index (κ1) is 3.25. The van der Waals surface area contributed by atoms with Crippen molar-refractivity contribution in [3.8, 4) is 0 Å². The summed E-state index contributed by atoms with van der Waals surface area (Å²) in [5.74, 6) is -0.107. The third-order valence-corrected chi connectivity index (χ3v) is 1.67. The monoisotopic (exact) mass is 184 g/mol. The normalized spacial score (nSPS) is 30.6. The number of rotatable bonds is 7. The molecule has 0 radical (unpaired) electrons. The van der Waals surface area contributed by atoms with Gasteiger partial charge in [0.2, 0.25) is 0 Å². The minimum atomic E-state index is -3.11. The van der Waals surface area contributed by atoms with E-state index < -0.39 is 33.1 Å². The van der Waals surface area contributed by atoms with Gasteiger partial charge in [-0.2, -0.15) is 0 Å². The van der Waals surface area contributed by atoms with E-state index in [2.05, 4.69) is 0 Å². The highest BCUT2D eigenvalue weighted by Crippen LogP contribution is 2.13.